The fourth-order valence-corrected chi connectivity index (χ4v) is 4.07. The van der Waals surface area contributed by atoms with Crippen molar-refractivity contribution in [3.8, 4) is 0 Å². The molecule has 1 aliphatic rings. The molecule has 3 rings (SSSR count). The van der Waals surface area contributed by atoms with E-state index in [0.29, 0.717) is 18.2 Å². The van der Waals surface area contributed by atoms with E-state index < -0.39 is 0 Å². The summed E-state index contributed by atoms with van der Waals surface area (Å²) in [5.41, 5.74) is 1.22. The molecular weight excluding hydrogens is 370 g/mol. The molecule has 28 heavy (non-hydrogen) atoms. The average Bonchev–Trinajstić information content (AvgIpc) is 3.07. The predicted octanol–water partition coefficient (Wildman–Crippen LogP) is 3.18. The second-order valence-electron chi connectivity index (χ2n) is 7.79. The highest BCUT2D eigenvalue weighted by atomic mass is 32.2. The molecule has 0 aliphatic carbocycles. The highest BCUT2D eigenvalue weighted by molar-refractivity contribution is 7.99. The molecule has 1 aliphatic heterocycles. The van der Waals surface area contributed by atoms with Crippen LogP contribution >= 0.6 is 11.8 Å². The smallest absolute Gasteiger partial charge is 0.230 e. The Bertz CT molecular complexity index is 741. The van der Waals surface area contributed by atoms with E-state index in [1.807, 2.05) is 6.07 Å². The number of hydrogen-bond acceptors (Lipinski definition) is 5. The number of carbonyl (C=O) groups excluding carboxylic acids is 1. The first-order valence-electron chi connectivity index (χ1n) is 10.2. The fraction of sp³-hybridized carbons (Fsp3) is 0.571. The van der Waals surface area contributed by atoms with Crippen molar-refractivity contribution in [1.82, 2.24) is 25.0 Å². The van der Waals surface area contributed by atoms with E-state index in [0.717, 1.165) is 37.2 Å². The molecule has 6 nitrogen and oxygen atoms in total. The van der Waals surface area contributed by atoms with Gasteiger partial charge in [0.25, 0.3) is 0 Å². The van der Waals surface area contributed by atoms with Crippen LogP contribution in [0.3, 0.4) is 0 Å². The van der Waals surface area contributed by atoms with Crippen molar-refractivity contribution < 1.29 is 4.79 Å². The van der Waals surface area contributed by atoms with Gasteiger partial charge in [-0.1, -0.05) is 62.4 Å². The minimum atomic E-state index is 0.0468. The minimum absolute atomic E-state index is 0.0468. The minimum Gasteiger partial charge on any atom is -0.355 e. The Morgan fingerprint density at radius 2 is 1.86 bits per heavy atom. The standard InChI is InChI=1S/C21H31N5OS/c1-17(2)13-22-20(27)16-28-21-24-23-19(15-25-11-7-4-8-12-25)26(21)14-18-9-5-3-6-10-18/h3,5-6,9-10,17H,4,7-8,11-16H2,1-2H3,(H,22,27). The molecule has 1 aromatic carbocycles. The molecule has 1 amide bonds. The van der Waals surface area contributed by atoms with Gasteiger partial charge in [0, 0.05) is 6.54 Å². The Balaban J connectivity index is 1.70. The third kappa shape index (κ3) is 6.34. The summed E-state index contributed by atoms with van der Waals surface area (Å²) >= 11 is 1.47. The molecule has 2 heterocycles. The van der Waals surface area contributed by atoms with Crippen LogP contribution < -0.4 is 5.32 Å². The van der Waals surface area contributed by atoms with Crippen LogP contribution in [0.2, 0.25) is 0 Å². The summed E-state index contributed by atoms with van der Waals surface area (Å²) in [5.74, 6) is 1.84. The summed E-state index contributed by atoms with van der Waals surface area (Å²) in [6.07, 6.45) is 3.83. The third-order valence-corrected chi connectivity index (χ3v) is 5.80. The van der Waals surface area contributed by atoms with Gasteiger partial charge in [-0.05, 0) is 37.4 Å². The van der Waals surface area contributed by atoms with E-state index in [4.69, 9.17) is 0 Å². The topological polar surface area (TPSA) is 63.1 Å². The van der Waals surface area contributed by atoms with E-state index >= 15 is 0 Å². The largest absolute Gasteiger partial charge is 0.355 e. The predicted molar refractivity (Wildman–Crippen MR) is 113 cm³/mol. The lowest BCUT2D eigenvalue weighted by Gasteiger charge is -2.26. The van der Waals surface area contributed by atoms with Gasteiger partial charge in [0.1, 0.15) is 5.82 Å². The maximum atomic E-state index is 12.1. The molecule has 0 radical (unpaired) electrons. The van der Waals surface area contributed by atoms with Gasteiger partial charge in [0.15, 0.2) is 5.16 Å². The number of rotatable bonds is 9. The number of aromatic nitrogens is 3. The lowest BCUT2D eigenvalue weighted by atomic mass is 10.1. The highest BCUT2D eigenvalue weighted by Crippen LogP contribution is 2.21. The zero-order valence-corrected chi connectivity index (χ0v) is 17.7. The van der Waals surface area contributed by atoms with Crippen molar-refractivity contribution >= 4 is 17.7 Å². The fourth-order valence-electron chi connectivity index (χ4n) is 3.28. The molecule has 1 aromatic heterocycles. The first kappa shape index (κ1) is 20.9. The number of hydrogen-bond donors (Lipinski definition) is 1. The summed E-state index contributed by atoms with van der Waals surface area (Å²) in [7, 11) is 0. The molecule has 0 atom stereocenters. The van der Waals surface area contributed by atoms with Crippen molar-refractivity contribution in [1.29, 1.82) is 0 Å². The van der Waals surface area contributed by atoms with Gasteiger partial charge in [-0.2, -0.15) is 0 Å². The monoisotopic (exact) mass is 401 g/mol. The average molecular weight is 402 g/mol. The van der Waals surface area contributed by atoms with Gasteiger partial charge in [-0.3, -0.25) is 9.69 Å². The SMILES string of the molecule is CC(C)CNC(=O)CSc1nnc(CN2CCCCC2)n1Cc1ccccc1. The molecule has 2 aromatic rings. The molecule has 152 valence electrons. The molecule has 0 saturated carbocycles. The number of amides is 1. The molecule has 1 N–H and O–H groups in total. The number of piperidine rings is 1. The number of benzene rings is 1. The Morgan fingerprint density at radius 3 is 2.57 bits per heavy atom. The van der Waals surface area contributed by atoms with Gasteiger partial charge in [-0.25, -0.2) is 0 Å². The van der Waals surface area contributed by atoms with Crippen molar-refractivity contribution in [2.75, 3.05) is 25.4 Å². The quantitative estimate of drug-likeness (QED) is 0.654. The van der Waals surface area contributed by atoms with Crippen LogP contribution in [-0.2, 0) is 17.9 Å². The maximum absolute atomic E-state index is 12.1. The van der Waals surface area contributed by atoms with Crippen molar-refractivity contribution in [2.24, 2.45) is 5.92 Å². The lowest BCUT2D eigenvalue weighted by molar-refractivity contribution is -0.118. The van der Waals surface area contributed by atoms with Gasteiger partial charge >= 0.3 is 0 Å². The van der Waals surface area contributed by atoms with Gasteiger partial charge in [-0.15, -0.1) is 10.2 Å². The van der Waals surface area contributed by atoms with E-state index in [2.05, 4.69) is 63.1 Å². The molecule has 0 bridgehead atoms. The second-order valence-corrected chi connectivity index (χ2v) is 8.74. The van der Waals surface area contributed by atoms with E-state index in [9.17, 15) is 4.79 Å². The number of nitrogens with one attached hydrogen (secondary N) is 1. The van der Waals surface area contributed by atoms with Gasteiger partial charge in [0.05, 0.1) is 18.8 Å². The van der Waals surface area contributed by atoms with Crippen LogP contribution in [0.4, 0.5) is 0 Å². The zero-order chi connectivity index (χ0) is 19.8. The number of nitrogens with zero attached hydrogens (tertiary/aromatic N) is 4. The number of carbonyl (C=O) groups is 1. The van der Waals surface area contributed by atoms with Crippen LogP contribution in [0.5, 0.6) is 0 Å². The van der Waals surface area contributed by atoms with Crippen LogP contribution in [-0.4, -0.2) is 51.0 Å². The highest BCUT2D eigenvalue weighted by Gasteiger charge is 2.18. The van der Waals surface area contributed by atoms with Crippen LogP contribution in [0.15, 0.2) is 35.5 Å². The van der Waals surface area contributed by atoms with Gasteiger partial charge < -0.3 is 9.88 Å². The Kier molecular flexibility index (Phi) is 7.91. The summed E-state index contributed by atoms with van der Waals surface area (Å²) in [6.45, 7) is 8.69. The van der Waals surface area contributed by atoms with Crippen LogP contribution in [0.1, 0.15) is 44.5 Å². The van der Waals surface area contributed by atoms with E-state index in [-0.39, 0.29) is 5.91 Å². The first-order valence-corrected chi connectivity index (χ1v) is 11.2. The Labute approximate surface area is 172 Å². The van der Waals surface area contributed by atoms with Crippen LogP contribution in [0.25, 0.3) is 0 Å². The number of thioether (sulfide) groups is 1. The second kappa shape index (κ2) is 10.6. The summed E-state index contributed by atoms with van der Waals surface area (Å²) in [5, 5.41) is 12.7. The maximum Gasteiger partial charge on any atom is 0.230 e. The molecular formula is C21H31N5OS. The number of likely N-dealkylation sites (tertiary alicyclic amines) is 1. The molecule has 1 saturated heterocycles. The van der Waals surface area contributed by atoms with Crippen molar-refractivity contribution in [3.63, 3.8) is 0 Å². The van der Waals surface area contributed by atoms with Crippen molar-refractivity contribution in [2.45, 2.75) is 51.4 Å². The Hall–Kier alpha value is -1.86. The molecule has 0 unspecified atom stereocenters. The zero-order valence-electron chi connectivity index (χ0n) is 16.9. The first-order chi connectivity index (χ1) is 13.6. The summed E-state index contributed by atoms with van der Waals surface area (Å²) in [4.78, 5) is 14.6. The molecule has 0 spiro atoms. The van der Waals surface area contributed by atoms with Gasteiger partial charge in [0.2, 0.25) is 5.91 Å². The lowest BCUT2D eigenvalue weighted by Crippen LogP contribution is -2.30. The Morgan fingerprint density at radius 1 is 1.11 bits per heavy atom. The van der Waals surface area contributed by atoms with E-state index in [1.165, 1.54) is 36.6 Å². The summed E-state index contributed by atoms with van der Waals surface area (Å²) < 4.78 is 2.17. The molecule has 7 heteroatoms. The molecule has 1 fully saturated rings. The van der Waals surface area contributed by atoms with Crippen molar-refractivity contribution in [3.05, 3.63) is 41.7 Å². The van der Waals surface area contributed by atoms with E-state index in [1.54, 1.807) is 0 Å². The summed E-state index contributed by atoms with van der Waals surface area (Å²) in [6, 6.07) is 10.4. The normalized spacial score (nSPS) is 15.1. The third-order valence-electron chi connectivity index (χ3n) is 4.83. The van der Waals surface area contributed by atoms with Crippen LogP contribution in [0, 0.1) is 5.92 Å².